The molecule has 5 aliphatic rings. The number of carbonyl (C=O) groups excluding carboxylic acids is 2. The summed E-state index contributed by atoms with van der Waals surface area (Å²) in [6.45, 7) is 6.33. The molecule has 1 amide bonds. The van der Waals surface area contributed by atoms with Crippen LogP contribution in [-0.4, -0.2) is 46.9 Å². The van der Waals surface area contributed by atoms with Crippen LogP contribution in [0.5, 0.6) is 0 Å². The summed E-state index contributed by atoms with van der Waals surface area (Å²) in [6.07, 6.45) is 1.95. The first-order chi connectivity index (χ1) is 17.6. The highest BCUT2D eigenvalue weighted by molar-refractivity contribution is 5.87. The minimum Gasteiger partial charge on any atom is -0.478 e. The first-order valence-electron chi connectivity index (χ1n) is 13.1. The molecule has 1 aromatic rings. The monoisotopic (exact) mass is 517 g/mol. The molecule has 10 nitrogen and oxygen atoms in total. The van der Waals surface area contributed by atoms with Crippen molar-refractivity contribution in [2.75, 3.05) is 0 Å². The number of fused-ring (bicyclic) bond motifs is 2. The SMILES string of the molecule is C[C@H]1[C@H](OC(=O)CCC(=O)NCc2ccc(C(=O)O)cc2)O[C@@H]2O[C@]3(C)CC[C@H]4[C@H](C)CC[C@@H]1C24OO3. The van der Waals surface area contributed by atoms with Crippen LogP contribution in [0.15, 0.2) is 24.3 Å². The Balaban J connectivity index is 1.16. The van der Waals surface area contributed by atoms with Crippen molar-refractivity contribution in [2.45, 2.75) is 89.8 Å². The van der Waals surface area contributed by atoms with Gasteiger partial charge in [-0.25, -0.2) is 14.6 Å². The number of carboxylic acids is 1. The summed E-state index contributed by atoms with van der Waals surface area (Å²) in [6, 6.07) is 6.24. The number of carboxylic acid groups (broad SMARTS) is 1. The van der Waals surface area contributed by atoms with Crippen molar-refractivity contribution in [1.82, 2.24) is 5.32 Å². The highest BCUT2D eigenvalue weighted by Crippen LogP contribution is 2.60. The van der Waals surface area contributed by atoms with Crippen LogP contribution >= 0.6 is 0 Å². The van der Waals surface area contributed by atoms with Gasteiger partial charge in [-0.1, -0.05) is 26.0 Å². The highest BCUT2D eigenvalue weighted by Gasteiger charge is 2.69. The zero-order chi connectivity index (χ0) is 26.4. The van der Waals surface area contributed by atoms with Gasteiger partial charge in [-0.3, -0.25) is 9.59 Å². The predicted molar refractivity (Wildman–Crippen MR) is 127 cm³/mol. The van der Waals surface area contributed by atoms with E-state index in [0.29, 0.717) is 12.3 Å². The number of rotatable bonds is 7. The van der Waals surface area contributed by atoms with Crippen molar-refractivity contribution < 1.29 is 43.5 Å². The van der Waals surface area contributed by atoms with Crippen molar-refractivity contribution >= 4 is 17.8 Å². The average molecular weight is 518 g/mol. The zero-order valence-electron chi connectivity index (χ0n) is 21.4. The third-order valence-corrected chi connectivity index (χ3v) is 8.59. The highest BCUT2D eigenvalue weighted by atomic mass is 17.3. The van der Waals surface area contributed by atoms with Crippen LogP contribution < -0.4 is 5.32 Å². The second-order valence-electron chi connectivity index (χ2n) is 11.0. The smallest absolute Gasteiger partial charge is 0.335 e. The fourth-order valence-electron chi connectivity index (χ4n) is 6.46. The lowest BCUT2D eigenvalue weighted by molar-refractivity contribution is -0.576. The second kappa shape index (κ2) is 9.98. The number of carbonyl (C=O) groups is 3. The molecule has 1 spiro atoms. The molecule has 0 radical (unpaired) electrons. The first-order valence-corrected chi connectivity index (χ1v) is 13.1. The number of amides is 1. The Morgan fingerprint density at radius 2 is 1.81 bits per heavy atom. The fraction of sp³-hybridized carbons (Fsp3) is 0.667. The van der Waals surface area contributed by atoms with E-state index in [1.54, 1.807) is 12.1 Å². The summed E-state index contributed by atoms with van der Waals surface area (Å²) in [7, 11) is 0. The molecule has 1 aromatic carbocycles. The maximum absolute atomic E-state index is 12.7. The summed E-state index contributed by atoms with van der Waals surface area (Å²) < 4.78 is 18.3. The van der Waals surface area contributed by atoms with Gasteiger partial charge in [0, 0.05) is 31.2 Å². The van der Waals surface area contributed by atoms with Crippen molar-refractivity contribution in [3.63, 3.8) is 0 Å². The molecule has 1 saturated carbocycles. The Bertz CT molecular complexity index is 1040. The molecule has 4 heterocycles. The molecule has 2 bridgehead atoms. The first kappa shape index (κ1) is 26.1. The molecule has 8 atom stereocenters. The van der Waals surface area contributed by atoms with Gasteiger partial charge in [0.2, 0.25) is 18.0 Å². The average Bonchev–Trinajstić information content (AvgIpc) is 3.10. The normalized spacial score (nSPS) is 38.2. The van der Waals surface area contributed by atoms with Crippen LogP contribution in [-0.2, 0) is 40.1 Å². The van der Waals surface area contributed by atoms with Crippen LogP contribution in [0.1, 0.15) is 75.2 Å². The number of hydrogen-bond acceptors (Lipinski definition) is 8. The second-order valence-corrected chi connectivity index (χ2v) is 11.0. The minimum absolute atomic E-state index is 0.0327. The summed E-state index contributed by atoms with van der Waals surface area (Å²) in [5.41, 5.74) is 0.215. The molecular formula is C27H35NO9. The number of hydrogen-bond donors (Lipinski definition) is 2. The van der Waals surface area contributed by atoms with Crippen LogP contribution in [0.25, 0.3) is 0 Å². The van der Waals surface area contributed by atoms with E-state index in [1.807, 2.05) is 13.8 Å². The van der Waals surface area contributed by atoms with E-state index < -0.39 is 35.9 Å². The molecule has 37 heavy (non-hydrogen) atoms. The largest absolute Gasteiger partial charge is 0.478 e. The van der Waals surface area contributed by atoms with E-state index in [2.05, 4.69) is 12.2 Å². The predicted octanol–water partition coefficient (Wildman–Crippen LogP) is 3.53. The lowest BCUT2D eigenvalue weighted by atomic mass is 9.58. The molecule has 1 aliphatic carbocycles. The minimum atomic E-state index is -1.01. The lowest BCUT2D eigenvalue weighted by Gasteiger charge is -2.59. The lowest BCUT2D eigenvalue weighted by Crippen LogP contribution is -2.70. The Hall–Kier alpha value is -2.53. The summed E-state index contributed by atoms with van der Waals surface area (Å²) in [5.74, 6) is -2.15. The Morgan fingerprint density at radius 1 is 1.05 bits per heavy atom. The summed E-state index contributed by atoms with van der Waals surface area (Å²) in [4.78, 5) is 47.8. The van der Waals surface area contributed by atoms with Gasteiger partial charge in [-0.15, -0.1) is 0 Å². The van der Waals surface area contributed by atoms with E-state index in [9.17, 15) is 14.4 Å². The maximum atomic E-state index is 12.7. The van der Waals surface area contributed by atoms with Crippen LogP contribution in [0.2, 0.25) is 0 Å². The molecule has 2 N–H and O–H groups in total. The molecule has 10 heteroatoms. The van der Waals surface area contributed by atoms with Crippen molar-refractivity contribution in [1.29, 1.82) is 0 Å². The Morgan fingerprint density at radius 3 is 2.54 bits per heavy atom. The van der Waals surface area contributed by atoms with E-state index in [4.69, 9.17) is 29.1 Å². The number of esters is 1. The maximum Gasteiger partial charge on any atom is 0.335 e. The van der Waals surface area contributed by atoms with Gasteiger partial charge >= 0.3 is 11.9 Å². The van der Waals surface area contributed by atoms with E-state index in [0.717, 1.165) is 24.8 Å². The third-order valence-electron chi connectivity index (χ3n) is 8.59. The van der Waals surface area contributed by atoms with Crippen molar-refractivity contribution in [3.05, 3.63) is 35.4 Å². The van der Waals surface area contributed by atoms with Gasteiger partial charge in [-0.05, 0) is 55.7 Å². The van der Waals surface area contributed by atoms with E-state index >= 15 is 0 Å². The van der Waals surface area contributed by atoms with Crippen molar-refractivity contribution in [3.8, 4) is 0 Å². The van der Waals surface area contributed by atoms with E-state index in [1.165, 1.54) is 12.1 Å². The molecule has 4 aliphatic heterocycles. The molecule has 202 valence electrons. The summed E-state index contributed by atoms with van der Waals surface area (Å²) in [5, 5.41) is 11.7. The number of ether oxygens (including phenoxy) is 3. The van der Waals surface area contributed by atoms with Gasteiger partial charge in [0.15, 0.2) is 11.9 Å². The van der Waals surface area contributed by atoms with Crippen LogP contribution in [0, 0.1) is 23.7 Å². The van der Waals surface area contributed by atoms with E-state index in [-0.39, 0.29) is 48.6 Å². The molecule has 1 unspecified atom stereocenters. The molecular weight excluding hydrogens is 482 g/mol. The van der Waals surface area contributed by atoms with Gasteiger partial charge in [0.25, 0.3) is 0 Å². The fourth-order valence-corrected chi connectivity index (χ4v) is 6.46. The molecule has 6 rings (SSSR count). The Labute approximate surface area is 215 Å². The standard InChI is InChI=1S/C27H35NO9/c1-15-4-9-20-16(2)24(34-25-27(20)19(15)12-13-26(3,35-25)36-37-27)33-22(30)11-10-21(29)28-14-17-5-7-18(8-6-17)23(31)32/h5-8,15-16,19-20,24-25H,4,9-14H2,1-3H3,(H,28,29)(H,31,32)/t15-,16-,19+,20+,24-,25-,26+,27?/m1/s1. The number of nitrogens with one attached hydrogen (secondary N) is 1. The topological polar surface area (TPSA) is 130 Å². The van der Waals surface area contributed by atoms with Crippen LogP contribution in [0.3, 0.4) is 0 Å². The molecule has 5 fully saturated rings. The van der Waals surface area contributed by atoms with Gasteiger partial charge in [0.1, 0.15) is 0 Å². The number of benzene rings is 1. The van der Waals surface area contributed by atoms with Gasteiger partial charge < -0.3 is 24.6 Å². The number of aromatic carboxylic acids is 1. The van der Waals surface area contributed by atoms with Gasteiger partial charge in [0.05, 0.1) is 12.0 Å². The Kier molecular flexibility index (Phi) is 7.04. The zero-order valence-corrected chi connectivity index (χ0v) is 21.4. The molecule has 4 saturated heterocycles. The van der Waals surface area contributed by atoms with Gasteiger partial charge in [-0.2, -0.15) is 0 Å². The van der Waals surface area contributed by atoms with Crippen molar-refractivity contribution in [2.24, 2.45) is 23.7 Å². The third kappa shape index (κ3) is 4.87. The van der Waals surface area contributed by atoms with Crippen LogP contribution in [0.4, 0.5) is 0 Å². The summed E-state index contributed by atoms with van der Waals surface area (Å²) >= 11 is 0. The molecule has 0 aromatic heterocycles. The quantitative estimate of drug-likeness (QED) is 0.412.